The van der Waals surface area contributed by atoms with Crippen LogP contribution in [0, 0.1) is 0 Å². The van der Waals surface area contributed by atoms with Gasteiger partial charge in [-0.1, -0.05) is 6.07 Å². The minimum Gasteiger partial charge on any atom is -0.306 e. The summed E-state index contributed by atoms with van der Waals surface area (Å²) in [5, 5.41) is 4.22. The minimum absolute atomic E-state index is 0.00591. The van der Waals surface area contributed by atoms with E-state index >= 15 is 0 Å². The van der Waals surface area contributed by atoms with Crippen LogP contribution in [0.1, 0.15) is 12.0 Å². The van der Waals surface area contributed by atoms with Crippen LogP contribution >= 0.6 is 0 Å². The fraction of sp³-hybridized carbons (Fsp3) is 0.500. The van der Waals surface area contributed by atoms with Crippen molar-refractivity contribution in [3.05, 3.63) is 42.5 Å². The summed E-state index contributed by atoms with van der Waals surface area (Å²) in [5.74, 6) is 0.145. The van der Waals surface area contributed by atoms with Crippen LogP contribution in [0.15, 0.2) is 36.9 Å². The van der Waals surface area contributed by atoms with Crippen molar-refractivity contribution in [3.8, 4) is 0 Å². The number of likely N-dealkylation sites (N-methyl/N-ethyl adjacent to an activating group) is 1. The SMILES string of the molecule is CN1CC(=O)N(c2cnn(C)c2)C[C@@]12CCN(Cc1cccnc1)C2. The topological polar surface area (TPSA) is 57.5 Å². The highest BCUT2D eigenvalue weighted by molar-refractivity contribution is 5.95. The van der Waals surface area contributed by atoms with Crippen molar-refractivity contribution in [1.29, 1.82) is 0 Å². The molecule has 2 aliphatic heterocycles. The number of nitrogens with zero attached hydrogens (tertiary/aromatic N) is 6. The highest BCUT2D eigenvalue weighted by Crippen LogP contribution is 2.33. The maximum Gasteiger partial charge on any atom is 0.241 e. The van der Waals surface area contributed by atoms with Gasteiger partial charge >= 0.3 is 0 Å². The van der Waals surface area contributed by atoms with Crippen LogP contribution < -0.4 is 4.90 Å². The van der Waals surface area contributed by atoms with E-state index in [-0.39, 0.29) is 11.4 Å². The lowest BCUT2D eigenvalue weighted by atomic mass is 9.93. The van der Waals surface area contributed by atoms with E-state index in [1.807, 2.05) is 30.4 Å². The van der Waals surface area contributed by atoms with Crippen molar-refractivity contribution < 1.29 is 4.79 Å². The van der Waals surface area contributed by atoms with Crippen molar-refractivity contribution >= 4 is 11.6 Å². The molecule has 0 aliphatic carbocycles. The Bertz CT molecular complexity index is 760. The summed E-state index contributed by atoms with van der Waals surface area (Å²) in [7, 11) is 3.96. The second-order valence-corrected chi connectivity index (χ2v) is 7.25. The Balaban J connectivity index is 1.51. The van der Waals surface area contributed by atoms with Crippen molar-refractivity contribution in [2.75, 3.05) is 38.1 Å². The number of hydrogen-bond donors (Lipinski definition) is 0. The summed E-state index contributed by atoms with van der Waals surface area (Å²) in [4.78, 5) is 23.4. The highest BCUT2D eigenvalue weighted by atomic mass is 16.2. The number of pyridine rings is 1. The summed E-state index contributed by atoms with van der Waals surface area (Å²) < 4.78 is 1.75. The molecule has 1 spiro atoms. The molecular formula is C18H24N6O. The number of aromatic nitrogens is 3. The van der Waals surface area contributed by atoms with E-state index in [1.165, 1.54) is 5.56 Å². The first-order chi connectivity index (χ1) is 12.1. The first kappa shape index (κ1) is 16.2. The second kappa shape index (κ2) is 6.24. The Morgan fingerprint density at radius 2 is 2.12 bits per heavy atom. The summed E-state index contributed by atoms with van der Waals surface area (Å²) in [6.45, 7) is 4.08. The Morgan fingerprint density at radius 3 is 2.84 bits per heavy atom. The number of carbonyl (C=O) groups excluding carboxylic acids is 1. The lowest BCUT2D eigenvalue weighted by Gasteiger charge is -2.46. The summed E-state index contributed by atoms with van der Waals surface area (Å²) >= 11 is 0. The molecule has 0 radical (unpaired) electrons. The molecule has 25 heavy (non-hydrogen) atoms. The van der Waals surface area contributed by atoms with Crippen molar-refractivity contribution in [2.24, 2.45) is 7.05 Å². The molecule has 0 aromatic carbocycles. The van der Waals surface area contributed by atoms with Crippen LogP contribution in [0.3, 0.4) is 0 Å². The number of likely N-dealkylation sites (tertiary alicyclic amines) is 1. The van der Waals surface area contributed by atoms with Crippen LogP contribution in [-0.4, -0.2) is 69.2 Å². The fourth-order valence-corrected chi connectivity index (χ4v) is 4.01. The van der Waals surface area contributed by atoms with Gasteiger partial charge in [0.2, 0.25) is 5.91 Å². The average molecular weight is 340 g/mol. The third kappa shape index (κ3) is 3.05. The van der Waals surface area contributed by atoms with Gasteiger partial charge in [0.1, 0.15) is 0 Å². The number of carbonyl (C=O) groups is 1. The van der Waals surface area contributed by atoms with Gasteiger partial charge in [-0.2, -0.15) is 5.10 Å². The summed E-state index contributed by atoms with van der Waals surface area (Å²) in [6.07, 6.45) is 8.49. The highest BCUT2D eigenvalue weighted by Gasteiger charge is 2.47. The van der Waals surface area contributed by atoms with Gasteiger partial charge in [0.15, 0.2) is 0 Å². The molecule has 0 bridgehead atoms. The molecule has 2 fully saturated rings. The lowest BCUT2D eigenvalue weighted by molar-refractivity contribution is -0.123. The molecule has 7 heteroatoms. The lowest BCUT2D eigenvalue weighted by Crippen LogP contribution is -2.64. The van der Waals surface area contributed by atoms with Gasteiger partial charge in [0, 0.05) is 51.8 Å². The summed E-state index contributed by atoms with van der Waals surface area (Å²) in [6, 6.07) is 4.10. The molecule has 7 nitrogen and oxygen atoms in total. The molecule has 1 atom stereocenters. The van der Waals surface area contributed by atoms with Crippen LogP contribution in [0.25, 0.3) is 0 Å². The molecule has 4 heterocycles. The zero-order valence-corrected chi connectivity index (χ0v) is 14.8. The molecule has 2 saturated heterocycles. The van der Waals surface area contributed by atoms with Gasteiger partial charge in [0.05, 0.1) is 24.0 Å². The van der Waals surface area contributed by atoms with E-state index in [9.17, 15) is 4.79 Å². The van der Waals surface area contributed by atoms with Gasteiger partial charge < -0.3 is 4.90 Å². The van der Waals surface area contributed by atoms with Crippen LogP contribution in [0.2, 0.25) is 0 Å². The maximum atomic E-state index is 12.6. The number of amides is 1. The van der Waals surface area contributed by atoms with E-state index in [4.69, 9.17) is 0 Å². The molecule has 0 saturated carbocycles. The first-order valence-electron chi connectivity index (χ1n) is 8.67. The predicted molar refractivity (Wildman–Crippen MR) is 95.1 cm³/mol. The zero-order valence-electron chi connectivity index (χ0n) is 14.8. The molecule has 1 amide bonds. The minimum atomic E-state index is 0.00591. The van der Waals surface area contributed by atoms with Crippen molar-refractivity contribution in [1.82, 2.24) is 24.6 Å². The van der Waals surface area contributed by atoms with Crippen LogP contribution in [-0.2, 0) is 18.4 Å². The molecular weight excluding hydrogens is 316 g/mol. The zero-order chi connectivity index (χ0) is 17.4. The van der Waals surface area contributed by atoms with E-state index in [2.05, 4.69) is 33.0 Å². The normalized spacial score (nSPS) is 25.2. The molecule has 2 aliphatic rings. The number of piperazine rings is 1. The second-order valence-electron chi connectivity index (χ2n) is 7.25. The number of anilines is 1. The van der Waals surface area contributed by atoms with Gasteiger partial charge in [0.25, 0.3) is 0 Å². The predicted octanol–water partition coefficient (Wildman–Crippen LogP) is 0.738. The Morgan fingerprint density at radius 1 is 1.24 bits per heavy atom. The van der Waals surface area contributed by atoms with Crippen LogP contribution in [0.4, 0.5) is 5.69 Å². The monoisotopic (exact) mass is 340 g/mol. The Hall–Kier alpha value is -2.25. The molecule has 0 unspecified atom stereocenters. The van der Waals surface area contributed by atoms with Gasteiger partial charge in [-0.15, -0.1) is 0 Å². The van der Waals surface area contributed by atoms with E-state index in [0.717, 1.165) is 38.3 Å². The molecule has 0 N–H and O–H groups in total. The molecule has 4 rings (SSSR count). The number of hydrogen-bond acceptors (Lipinski definition) is 5. The first-order valence-corrected chi connectivity index (χ1v) is 8.67. The molecule has 2 aromatic rings. The quantitative estimate of drug-likeness (QED) is 0.825. The fourth-order valence-electron chi connectivity index (χ4n) is 4.01. The van der Waals surface area contributed by atoms with E-state index < -0.39 is 0 Å². The molecule has 132 valence electrons. The van der Waals surface area contributed by atoms with E-state index in [1.54, 1.807) is 17.1 Å². The third-order valence-electron chi connectivity index (χ3n) is 5.48. The smallest absolute Gasteiger partial charge is 0.241 e. The van der Waals surface area contributed by atoms with Gasteiger partial charge in [-0.3, -0.25) is 24.3 Å². The van der Waals surface area contributed by atoms with Crippen LogP contribution in [0.5, 0.6) is 0 Å². The largest absolute Gasteiger partial charge is 0.306 e. The van der Waals surface area contributed by atoms with Gasteiger partial charge in [-0.05, 0) is 25.1 Å². The maximum absolute atomic E-state index is 12.6. The molecule has 2 aromatic heterocycles. The Labute approximate surface area is 147 Å². The van der Waals surface area contributed by atoms with E-state index in [0.29, 0.717) is 6.54 Å². The summed E-state index contributed by atoms with van der Waals surface area (Å²) in [5.41, 5.74) is 2.13. The van der Waals surface area contributed by atoms with Crippen molar-refractivity contribution in [3.63, 3.8) is 0 Å². The standard InChI is InChI=1S/C18H24N6O/c1-21-12-17(25)24(16-9-20-22(2)11-16)14-18(21)5-7-23(13-18)10-15-4-3-6-19-8-15/h3-4,6,8-9,11H,5,7,10,12-14H2,1-2H3/t18-/m0/s1. The number of aryl methyl sites for hydroxylation is 1. The van der Waals surface area contributed by atoms with Gasteiger partial charge in [-0.25, -0.2) is 0 Å². The number of rotatable bonds is 3. The van der Waals surface area contributed by atoms with Crippen molar-refractivity contribution in [2.45, 2.75) is 18.5 Å². The third-order valence-corrected chi connectivity index (χ3v) is 5.48. The Kier molecular flexibility index (Phi) is 4.05. The average Bonchev–Trinajstić information content (AvgIpc) is 3.20.